The molecule has 8 heteroatoms. The number of nitrogens with one attached hydrogen (secondary N) is 1. The van der Waals surface area contributed by atoms with Crippen LogP contribution in [0.3, 0.4) is 0 Å². The maximum atomic E-state index is 11.9. The zero-order chi connectivity index (χ0) is 19.0. The molecule has 26 heavy (non-hydrogen) atoms. The number of aliphatic hydroxyl groups is 1. The molecule has 3 rings (SSSR count). The van der Waals surface area contributed by atoms with E-state index in [0.717, 1.165) is 0 Å². The first-order chi connectivity index (χ1) is 12.4. The number of anilines is 3. The minimum absolute atomic E-state index is 0.189. The molecule has 0 bridgehead atoms. The third kappa shape index (κ3) is 2.86. The van der Waals surface area contributed by atoms with Crippen LogP contribution in [0.15, 0.2) is 25.3 Å². The summed E-state index contributed by atoms with van der Waals surface area (Å²) in [6.45, 7) is 5.43. The van der Waals surface area contributed by atoms with E-state index in [2.05, 4.69) is 5.32 Å². The molecule has 2 N–H and O–H groups in total. The lowest BCUT2D eigenvalue weighted by atomic mass is 10.0. The molecular weight excluding hydrogens is 338 g/mol. The van der Waals surface area contributed by atoms with E-state index in [1.165, 1.54) is 0 Å². The van der Waals surface area contributed by atoms with Crippen molar-refractivity contribution in [3.05, 3.63) is 52.5 Å². The molecular formula is C18H21N3O5. The molecule has 2 aromatic rings. The third-order valence-electron chi connectivity index (χ3n) is 4.63. The molecule has 0 spiro atoms. The standard InChI is InChI=1S/C18H21N3O5/c1-3-4-11-13(17(25)15(11)23)20-5-7-21(8-6-20)14-12(16(24)18(14)26)19-9-10(2)22/h3-4,10,19,22H,5-9H2,1-2H3/b4-3+. The van der Waals surface area contributed by atoms with Gasteiger partial charge in [0.15, 0.2) is 0 Å². The fraction of sp³-hybridized carbons (Fsp3) is 0.444. The van der Waals surface area contributed by atoms with Crippen molar-refractivity contribution >= 4 is 23.1 Å². The van der Waals surface area contributed by atoms with E-state index in [-0.39, 0.29) is 12.2 Å². The van der Waals surface area contributed by atoms with Crippen LogP contribution in [0.25, 0.3) is 6.08 Å². The lowest BCUT2D eigenvalue weighted by Gasteiger charge is -2.38. The zero-order valence-electron chi connectivity index (χ0n) is 14.7. The van der Waals surface area contributed by atoms with Crippen LogP contribution < -0.4 is 36.8 Å². The van der Waals surface area contributed by atoms with Gasteiger partial charge >= 0.3 is 0 Å². The van der Waals surface area contributed by atoms with E-state index in [1.807, 2.05) is 9.80 Å². The summed E-state index contributed by atoms with van der Waals surface area (Å²) in [5, 5.41) is 12.2. The predicted octanol–water partition coefficient (Wildman–Crippen LogP) is -0.969. The summed E-state index contributed by atoms with van der Waals surface area (Å²) in [7, 11) is 0. The van der Waals surface area contributed by atoms with Crippen LogP contribution in [0, 0.1) is 0 Å². The van der Waals surface area contributed by atoms with Crippen LogP contribution in [-0.2, 0) is 0 Å². The summed E-state index contributed by atoms with van der Waals surface area (Å²) < 4.78 is 0. The maximum absolute atomic E-state index is 11.9. The maximum Gasteiger partial charge on any atom is 0.253 e. The molecule has 0 aliphatic carbocycles. The van der Waals surface area contributed by atoms with Crippen LogP contribution >= 0.6 is 0 Å². The van der Waals surface area contributed by atoms with Crippen molar-refractivity contribution in [2.45, 2.75) is 20.0 Å². The highest BCUT2D eigenvalue weighted by molar-refractivity contribution is 5.76. The second-order valence-electron chi connectivity index (χ2n) is 6.51. The Morgan fingerprint density at radius 1 is 0.962 bits per heavy atom. The monoisotopic (exact) mass is 359 g/mol. The highest BCUT2D eigenvalue weighted by atomic mass is 16.3. The van der Waals surface area contributed by atoms with Gasteiger partial charge in [-0.2, -0.15) is 0 Å². The summed E-state index contributed by atoms with van der Waals surface area (Å²) in [6, 6.07) is 0. The minimum atomic E-state index is -0.636. The van der Waals surface area contributed by atoms with Gasteiger partial charge in [-0.25, -0.2) is 0 Å². The van der Waals surface area contributed by atoms with Crippen molar-refractivity contribution in [2.75, 3.05) is 47.8 Å². The first-order valence-electron chi connectivity index (χ1n) is 8.58. The lowest BCUT2D eigenvalue weighted by Crippen LogP contribution is -2.54. The molecule has 1 aliphatic heterocycles. The molecule has 0 radical (unpaired) electrons. The number of allylic oxidation sites excluding steroid dienone is 1. The molecule has 2 aromatic carbocycles. The van der Waals surface area contributed by atoms with E-state index in [4.69, 9.17) is 0 Å². The topological polar surface area (TPSA) is 107 Å². The van der Waals surface area contributed by atoms with E-state index in [0.29, 0.717) is 43.1 Å². The number of aliphatic hydroxyl groups excluding tert-OH is 1. The van der Waals surface area contributed by atoms with E-state index in [1.54, 1.807) is 26.0 Å². The highest BCUT2D eigenvalue weighted by Gasteiger charge is 2.31. The van der Waals surface area contributed by atoms with Gasteiger partial charge in [0.25, 0.3) is 10.9 Å². The van der Waals surface area contributed by atoms with Crippen molar-refractivity contribution in [1.82, 2.24) is 0 Å². The summed E-state index contributed by atoms with van der Waals surface area (Å²) in [4.78, 5) is 50.9. The smallest absolute Gasteiger partial charge is 0.253 e. The lowest BCUT2D eigenvalue weighted by molar-refractivity contribution is 0.208. The fourth-order valence-electron chi connectivity index (χ4n) is 3.28. The molecule has 1 heterocycles. The van der Waals surface area contributed by atoms with Crippen molar-refractivity contribution in [3.63, 3.8) is 0 Å². The average molecular weight is 359 g/mol. The molecule has 1 saturated heterocycles. The Kier molecular flexibility index (Phi) is 4.78. The van der Waals surface area contributed by atoms with Gasteiger partial charge < -0.3 is 20.2 Å². The summed E-state index contributed by atoms with van der Waals surface area (Å²) in [6.07, 6.45) is 2.72. The number of hydrogen-bond acceptors (Lipinski definition) is 8. The Morgan fingerprint density at radius 3 is 2.04 bits per heavy atom. The van der Waals surface area contributed by atoms with Crippen LogP contribution in [0.2, 0.25) is 0 Å². The van der Waals surface area contributed by atoms with E-state index in [9.17, 15) is 24.3 Å². The predicted molar refractivity (Wildman–Crippen MR) is 102 cm³/mol. The summed E-state index contributed by atoms with van der Waals surface area (Å²) >= 11 is 0. The zero-order valence-corrected chi connectivity index (χ0v) is 14.7. The van der Waals surface area contributed by atoms with Gasteiger partial charge in [-0.3, -0.25) is 19.2 Å². The van der Waals surface area contributed by atoms with E-state index < -0.39 is 27.8 Å². The van der Waals surface area contributed by atoms with Gasteiger partial charge in [0.05, 0.1) is 11.7 Å². The number of hydrogen-bond donors (Lipinski definition) is 2. The van der Waals surface area contributed by atoms with Crippen LogP contribution in [0.1, 0.15) is 19.4 Å². The van der Waals surface area contributed by atoms with Crippen molar-refractivity contribution < 1.29 is 5.11 Å². The molecule has 1 atom stereocenters. The normalized spacial score (nSPS) is 16.7. The quantitative estimate of drug-likeness (QED) is 0.635. The van der Waals surface area contributed by atoms with Crippen LogP contribution in [0.5, 0.6) is 0 Å². The molecule has 0 aromatic heterocycles. The van der Waals surface area contributed by atoms with Crippen LogP contribution in [-0.4, -0.2) is 43.9 Å². The first kappa shape index (κ1) is 18.1. The molecule has 8 nitrogen and oxygen atoms in total. The van der Waals surface area contributed by atoms with Crippen LogP contribution in [0.4, 0.5) is 17.1 Å². The molecule has 1 fully saturated rings. The molecule has 1 unspecified atom stereocenters. The largest absolute Gasteiger partial charge is 0.392 e. The Bertz CT molecular complexity index is 982. The average Bonchev–Trinajstić information content (AvgIpc) is 2.64. The number of rotatable bonds is 6. The second-order valence-corrected chi connectivity index (χ2v) is 6.51. The van der Waals surface area contributed by atoms with E-state index >= 15 is 0 Å². The van der Waals surface area contributed by atoms with Gasteiger partial charge in [0.2, 0.25) is 10.9 Å². The molecule has 0 saturated carbocycles. The Morgan fingerprint density at radius 2 is 1.50 bits per heavy atom. The second kappa shape index (κ2) is 6.87. The Balaban J connectivity index is 1.73. The SMILES string of the molecule is C/C=C/c1c(N2CCN(c3c(NCC(C)O)c(=O)c3=O)CC2)c(=O)c1=O. The number of piperazine rings is 1. The van der Waals surface area contributed by atoms with Gasteiger partial charge in [-0.05, 0) is 13.8 Å². The summed E-state index contributed by atoms with van der Waals surface area (Å²) in [5.41, 5.74) is -0.588. The Hall–Kier alpha value is -2.74. The summed E-state index contributed by atoms with van der Waals surface area (Å²) in [5.74, 6) is 0. The highest BCUT2D eigenvalue weighted by Crippen LogP contribution is 2.24. The van der Waals surface area contributed by atoms with Gasteiger partial charge in [-0.1, -0.05) is 12.2 Å². The van der Waals surface area contributed by atoms with Gasteiger partial charge in [0.1, 0.15) is 17.1 Å². The fourth-order valence-corrected chi connectivity index (χ4v) is 3.28. The number of nitrogens with zero attached hydrogens (tertiary/aromatic N) is 2. The minimum Gasteiger partial charge on any atom is -0.392 e. The molecule has 1 aliphatic rings. The Labute approximate surface area is 149 Å². The molecule has 0 amide bonds. The van der Waals surface area contributed by atoms with Crippen molar-refractivity contribution in [2.24, 2.45) is 0 Å². The first-order valence-corrected chi connectivity index (χ1v) is 8.58. The van der Waals surface area contributed by atoms with Gasteiger partial charge in [-0.15, -0.1) is 0 Å². The van der Waals surface area contributed by atoms with Crippen molar-refractivity contribution in [1.29, 1.82) is 0 Å². The van der Waals surface area contributed by atoms with Gasteiger partial charge in [0, 0.05) is 32.7 Å². The van der Waals surface area contributed by atoms with Crippen molar-refractivity contribution in [3.8, 4) is 0 Å². The molecule has 138 valence electrons. The third-order valence-corrected chi connectivity index (χ3v) is 4.63.